The Morgan fingerprint density at radius 1 is 1.21 bits per heavy atom. The molecule has 8 heteroatoms. The van der Waals surface area contributed by atoms with E-state index in [-0.39, 0.29) is 12.1 Å². The third-order valence-corrected chi connectivity index (χ3v) is 4.18. The lowest BCUT2D eigenvalue weighted by atomic mass is 10.2. The average molecular weight is 336 g/mol. The van der Waals surface area contributed by atoms with Crippen molar-refractivity contribution in [3.8, 4) is 0 Å². The zero-order chi connectivity index (χ0) is 16.9. The molecule has 5 nitrogen and oxygen atoms in total. The highest BCUT2D eigenvalue weighted by atomic mass is 19.4. The second-order valence-corrected chi connectivity index (χ2v) is 6.15. The van der Waals surface area contributed by atoms with E-state index < -0.39 is 12.3 Å². The van der Waals surface area contributed by atoms with Crippen LogP contribution < -0.4 is 0 Å². The van der Waals surface area contributed by atoms with Crippen LogP contribution in [0.1, 0.15) is 41.7 Å². The van der Waals surface area contributed by atoms with Gasteiger partial charge in [-0.2, -0.15) is 18.3 Å². The van der Waals surface area contributed by atoms with Gasteiger partial charge in [-0.25, -0.2) is 4.98 Å². The molecule has 4 rings (SSSR count). The summed E-state index contributed by atoms with van der Waals surface area (Å²) in [4.78, 5) is 4.45. The molecule has 1 N–H and O–H groups in total. The number of alkyl halides is 3. The van der Waals surface area contributed by atoms with Gasteiger partial charge in [0.2, 0.25) is 0 Å². The number of aliphatic hydroxyl groups is 1. The number of fused-ring (bicyclic) bond motifs is 1. The fraction of sp³-hybridized carbons (Fsp3) is 0.375. The lowest BCUT2D eigenvalue weighted by Crippen LogP contribution is -2.19. The van der Waals surface area contributed by atoms with Crippen molar-refractivity contribution < 1.29 is 18.3 Å². The molecule has 24 heavy (non-hydrogen) atoms. The summed E-state index contributed by atoms with van der Waals surface area (Å²) < 4.78 is 40.8. The first-order valence-corrected chi connectivity index (χ1v) is 7.65. The van der Waals surface area contributed by atoms with Crippen molar-refractivity contribution in [2.24, 2.45) is 0 Å². The smallest absolute Gasteiger partial charge is 0.379 e. The molecule has 0 bridgehead atoms. The molecule has 1 saturated carbocycles. The molecule has 1 aliphatic carbocycles. The zero-order valence-corrected chi connectivity index (χ0v) is 12.6. The Labute approximate surface area is 135 Å². The number of aromatic nitrogens is 4. The lowest BCUT2D eigenvalue weighted by molar-refractivity contribution is -0.206. The molecule has 1 aliphatic rings. The van der Waals surface area contributed by atoms with Gasteiger partial charge in [0, 0.05) is 24.2 Å². The maximum Gasteiger partial charge on any atom is 0.418 e. The number of hydrogen-bond donors (Lipinski definition) is 1. The van der Waals surface area contributed by atoms with E-state index >= 15 is 0 Å². The van der Waals surface area contributed by atoms with Crippen LogP contribution in [0.4, 0.5) is 13.2 Å². The van der Waals surface area contributed by atoms with Crippen LogP contribution in [0, 0.1) is 0 Å². The van der Waals surface area contributed by atoms with Gasteiger partial charge in [-0.15, -0.1) is 0 Å². The van der Waals surface area contributed by atoms with Crippen molar-refractivity contribution in [1.29, 1.82) is 0 Å². The van der Waals surface area contributed by atoms with Crippen molar-refractivity contribution in [3.63, 3.8) is 0 Å². The Kier molecular flexibility index (Phi) is 3.38. The Morgan fingerprint density at radius 3 is 2.71 bits per heavy atom. The predicted octanol–water partition coefficient (Wildman–Crippen LogP) is 3.05. The van der Waals surface area contributed by atoms with E-state index in [0.717, 1.165) is 11.8 Å². The number of hydrogen-bond acceptors (Lipinski definition) is 3. The average Bonchev–Trinajstić information content (AvgIpc) is 3.14. The molecule has 0 saturated heterocycles. The number of nitrogens with zero attached hydrogens (tertiary/aromatic N) is 4. The van der Waals surface area contributed by atoms with E-state index in [1.807, 2.05) is 22.9 Å². The van der Waals surface area contributed by atoms with E-state index in [0.29, 0.717) is 11.6 Å². The summed E-state index contributed by atoms with van der Waals surface area (Å²) in [6.45, 7) is 0.241. The van der Waals surface area contributed by atoms with Gasteiger partial charge < -0.3 is 9.51 Å². The second kappa shape index (κ2) is 5.34. The summed E-state index contributed by atoms with van der Waals surface area (Å²) in [6, 6.07) is 4.01. The number of rotatable bonds is 4. The minimum Gasteiger partial charge on any atom is -0.379 e. The Hall–Kier alpha value is -2.35. The maximum atomic E-state index is 12.5. The van der Waals surface area contributed by atoms with Crippen LogP contribution >= 0.6 is 0 Å². The highest BCUT2D eigenvalue weighted by Crippen LogP contribution is 2.39. The van der Waals surface area contributed by atoms with Crippen LogP contribution in [-0.2, 0) is 6.54 Å². The van der Waals surface area contributed by atoms with Gasteiger partial charge >= 0.3 is 6.18 Å². The van der Waals surface area contributed by atoms with Crippen molar-refractivity contribution in [1.82, 2.24) is 19.2 Å². The molecule has 0 spiro atoms. The van der Waals surface area contributed by atoms with Crippen molar-refractivity contribution >= 4 is 5.65 Å². The van der Waals surface area contributed by atoms with Crippen LogP contribution in [-0.4, -0.2) is 30.4 Å². The molecule has 0 aromatic carbocycles. The summed E-state index contributed by atoms with van der Waals surface area (Å²) in [7, 11) is 0. The fourth-order valence-electron chi connectivity index (χ4n) is 2.76. The second-order valence-electron chi connectivity index (χ2n) is 6.15. The summed E-state index contributed by atoms with van der Waals surface area (Å²) >= 11 is 0. The zero-order valence-electron chi connectivity index (χ0n) is 12.6. The quantitative estimate of drug-likeness (QED) is 0.797. The van der Waals surface area contributed by atoms with Crippen LogP contribution in [0.2, 0.25) is 0 Å². The first-order valence-electron chi connectivity index (χ1n) is 7.65. The number of imidazole rings is 1. The van der Waals surface area contributed by atoms with Crippen molar-refractivity contribution in [3.05, 3.63) is 53.7 Å². The van der Waals surface area contributed by atoms with Gasteiger partial charge in [-0.05, 0) is 30.4 Å². The third-order valence-electron chi connectivity index (χ3n) is 4.18. The van der Waals surface area contributed by atoms with Gasteiger partial charge in [-0.3, -0.25) is 4.68 Å². The minimum atomic E-state index is -4.70. The molecule has 3 aromatic rings. The standard InChI is InChI=1S/C16H15F3N4O/c17-16(18,19)15(24)12-5-20-23(7-12)9-13-8-22-6-11(10-1-2-10)3-4-14(22)21-13/h3-8,10,15,24H,1-2,9H2. The summed E-state index contributed by atoms with van der Waals surface area (Å²) in [6.07, 6.45) is 1.32. The topological polar surface area (TPSA) is 55.4 Å². The molecule has 0 amide bonds. The molecule has 1 fully saturated rings. The summed E-state index contributed by atoms with van der Waals surface area (Å²) in [5.41, 5.74) is 2.49. The molecule has 0 aliphatic heterocycles. The van der Waals surface area contributed by atoms with E-state index in [4.69, 9.17) is 0 Å². The monoisotopic (exact) mass is 336 g/mol. The predicted molar refractivity (Wildman–Crippen MR) is 79.5 cm³/mol. The molecular formula is C16H15F3N4O. The van der Waals surface area contributed by atoms with E-state index in [9.17, 15) is 18.3 Å². The van der Waals surface area contributed by atoms with Crippen molar-refractivity contribution in [2.75, 3.05) is 0 Å². The minimum absolute atomic E-state index is 0.241. The molecule has 1 unspecified atom stereocenters. The highest BCUT2D eigenvalue weighted by Gasteiger charge is 2.40. The van der Waals surface area contributed by atoms with Gasteiger partial charge in [0.05, 0.1) is 18.4 Å². The molecule has 3 heterocycles. The molecule has 1 atom stereocenters. The van der Waals surface area contributed by atoms with Crippen LogP contribution in [0.3, 0.4) is 0 Å². The maximum absolute atomic E-state index is 12.5. The lowest BCUT2D eigenvalue weighted by Gasteiger charge is -2.11. The molecular weight excluding hydrogens is 321 g/mol. The van der Waals surface area contributed by atoms with Crippen molar-refractivity contribution in [2.45, 2.75) is 37.6 Å². The van der Waals surface area contributed by atoms with Crippen LogP contribution in [0.15, 0.2) is 36.9 Å². The third kappa shape index (κ3) is 2.89. The first kappa shape index (κ1) is 15.2. The fourth-order valence-corrected chi connectivity index (χ4v) is 2.76. The molecule has 0 radical (unpaired) electrons. The number of aliphatic hydroxyl groups excluding tert-OH is 1. The largest absolute Gasteiger partial charge is 0.418 e. The van der Waals surface area contributed by atoms with Crippen LogP contribution in [0.5, 0.6) is 0 Å². The van der Waals surface area contributed by atoms with Crippen LogP contribution in [0.25, 0.3) is 5.65 Å². The van der Waals surface area contributed by atoms with Gasteiger partial charge in [-0.1, -0.05) is 6.07 Å². The van der Waals surface area contributed by atoms with E-state index in [1.165, 1.54) is 29.3 Å². The Morgan fingerprint density at radius 2 is 2.00 bits per heavy atom. The molecule has 3 aromatic heterocycles. The highest BCUT2D eigenvalue weighted by molar-refractivity contribution is 5.42. The Bertz CT molecular complexity index is 879. The Balaban J connectivity index is 1.55. The van der Waals surface area contributed by atoms with Gasteiger partial charge in [0.25, 0.3) is 0 Å². The van der Waals surface area contributed by atoms with Gasteiger partial charge in [0.1, 0.15) is 5.65 Å². The normalized spacial score (nSPS) is 16.7. The summed E-state index contributed by atoms with van der Waals surface area (Å²) in [5.74, 6) is 0.637. The van der Waals surface area contributed by atoms with E-state index in [1.54, 1.807) is 0 Å². The SMILES string of the molecule is OC(c1cnn(Cc2cn3cc(C4CC4)ccc3n2)c1)C(F)(F)F. The molecule has 126 valence electrons. The number of halogens is 3. The van der Waals surface area contributed by atoms with Gasteiger partial charge in [0.15, 0.2) is 6.10 Å². The first-order chi connectivity index (χ1) is 11.4. The number of pyridine rings is 1. The summed E-state index contributed by atoms with van der Waals surface area (Å²) in [5, 5.41) is 13.1. The van der Waals surface area contributed by atoms with E-state index in [2.05, 4.69) is 16.1 Å².